The van der Waals surface area contributed by atoms with Gasteiger partial charge in [0.2, 0.25) is 0 Å². The first-order valence-corrected chi connectivity index (χ1v) is 5.81. The molecule has 0 unspecified atom stereocenters. The van der Waals surface area contributed by atoms with Crippen molar-refractivity contribution >= 4 is 0 Å². The molecule has 1 aromatic heterocycles. The molecule has 1 spiro atoms. The van der Waals surface area contributed by atoms with Gasteiger partial charge < -0.3 is 14.6 Å². The first-order valence-electron chi connectivity index (χ1n) is 5.81. The van der Waals surface area contributed by atoms with Crippen LogP contribution in [0.15, 0.2) is 16.7 Å². The van der Waals surface area contributed by atoms with Crippen molar-refractivity contribution in [3.05, 3.63) is 23.7 Å². The average molecular weight is 206 g/mol. The molecule has 1 N–H and O–H groups in total. The van der Waals surface area contributed by atoms with Gasteiger partial charge in [-0.3, -0.25) is 0 Å². The Hall–Kier alpha value is -0.800. The maximum absolute atomic E-state index is 5.70. The number of piperidine rings is 1. The fourth-order valence-corrected chi connectivity index (χ4v) is 2.87. The third kappa shape index (κ3) is 1.42. The van der Waals surface area contributed by atoms with E-state index in [1.165, 1.54) is 24.2 Å². The monoisotopic (exact) mass is 206 g/mol. The summed E-state index contributed by atoms with van der Waals surface area (Å²) in [5.41, 5.74) is 1.56. The first-order chi connectivity index (χ1) is 7.30. The van der Waals surface area contributed by atoms with Gasteiger partial charge in [0.25, 0.3) is 0 Å². The summed E-state index contributed by atoms with van der Waals surface area (Å²) in [6, 6.07) is 2.14. The minimum atomic E-state index is 0.142. The number of hydrogen-bond acceptors (Lipinski definition) is 3. The van der Waals surface area contributed by atoms with Gasteiger partial charge in [-0.25, -0.2) is 0 Å². The van der Waals surface area contributed by atoms with Crippen LogP contribution in [0, 0.1) is 0 Å². The van der Waals surface area contributed by atoms with Crippen LogP contribution >= 0.6 is 0 Å². The van der Waals surface area contributed by atoms with Crippen LogP contribution in [0.5, 0.6) is 0 Å². The molecule has 3 heteroatoms. The van der Waals surface area contributed by atoms with E-state index in [0.29, 0.717) is 0 Å². The first kappa shape index (κ1) is 9.43. The fourth-order valence-electron chi connectivity index (χ4n) is 2.87. The molecular formula is C12H18N2O. The molecule has 3 nitrogen and oxygen atoms in total. The van der Waals surface area contributed by atoms with Crippen molar-refractivity contribution in [3.63, 3.8) is 0 Å². The molecule has 15 heavy (non-hydrogen) atoms. The van der Waals surface area contributed by atoms with Gasteiger partial charge in [0.15, 0.2) is 0 Å². The molecule has 0 saturated carbocycles. The SMILES string of the molecule is CN1CCC2(CC1)NCCc1ccoc12. The van der Waals surface area contributed by atoms with E-state index in [4.69, 9.17) is 4.42 Å². The molecule has 0 aromatic carbocycles. The van der Waals surface area contributed by atoms with E-state index in [9.17, 15) is 0 Å². The quantitative estimate of drug-likeness (QED) is 0.694. The summed E-state index contributed by atoms with van der Waals surface area (Å²) >= 11 is 0. The average Bonchev–Trinajstić information content (AvgIpc) is 2.72. The second kappa shape index (κ2) is 3.35. The highest BCUT2D eigenvalue weighted by molar-refractivity contribution is 5.28. The Morgan fingerprint density at radius 3 is 3.00 bits per heavy atom. The summed E-state index contributed by atoms with van der Waals surface area (Å²) < 4.78 is 5.70. The highest BCUT2D eigenvalue weighted by Gasteiger charge is 2.41. The number of nitrogens with one attached hydrogen (secondary N) is 1. The van der Waals surface area contributed by atoms with Gasteiger partial charge in [0, 0.05) is 19.6 Å². The second-order valence-electron chi connectivity index (χ2n) is 4.84. The molecule has 82 valence electrons. The Morgan fingerprint density at radius 1 is 1.40 bits per heavy atom. The molecule has 0 amide bonds. The molecule has 0 bridgehead atoms. The predicted octanol–water partition coefficient (Wildman–Crippen LogP) is 1.35. The van der Waals surface area contributed by atoms with Crippen LogP contribution in [0.25, 0.3) is 0 Å². The Labute approximate surface area is 90.4 Å². The van der Waals surface area contributed by atoms with Crippen molar-refractivity contribution in [2.45, 2.75) is 24.8 Å². The van der Waals surface area contributed by atoms with E-state index >= 15 is 0 Å². The van der Waals surface area contributed by atoms with Crippen molar-refractivity contribution in [3.8, 4) is 0 Å². The fraction of sp³-hybridized carbons (Fsp3) is 0.667. The normalized spacial score (nSPS) is 25.4. The zero-order chi connectivity index (χ0) is 10.3. The van der Waals surface area contributed by atoms with Crippen LogP contribution in [-0.4, -0.2) is 31.6 Å². The van der Waals surface area contributed by atoms with E-state index in [1.54, 1.807) is 0 Å². The van der Waals surface area contributed by atoms with Crippen LogP contribution in [0.1, 0.15) is 24.2 Å². The summed E-state index contributed by atoms with van der Waals surface area (Å²) in [5.74, 6) is 1.21. The largest absolute Gasteiger partial charge is 0.467 e. The lowest BCUT2D eigenvalue weighted by molar-refractivity contribution is 0.127. The maximum atomic E-state index is 5.70. The summed E-state index contributed by atoms with van der Waals surface area (Å²) in [6.45, 7) is 3.41. The number of hydrogen-bond donors (Lipinski definition) is 1. The lowest BCUT2D eigenvalue weighted by atomic mass is 9.80. The lowest BCUT2D eigenvalue weighted by Crippen LogP contribution is -2.53. The van der Waals surface area contributed by atoms with Gasteiger partial charge in [0.1, 0.15) is 5.76 Å². The molecule has 0 atom stereocenters. The van der Waals surface area contributed by atoms with Gasteiger partial charge >= 0.3 is 0 Å². The smallest absolute Gasteiger partial charge is 0.127 e. The zero-order valence-electron chi connectivity index (χ0n) is 9.25. The van der Waals surface area contributed by atoms with Crippen LogP contribution < -0.4 is 5.32 Å². The topological polar surface area (TPSA) is 28.4 Å². The summed E-state index contributed by atoms with van der Waals surface area (Å²) in [6.07, 6.45) is 5.30. The van der Waals surface area contributed by atoms with E-state index in [-0.39, 0.29) is 5.54 Å². The molecule has 1 fully saturated rings. The molecule has 0 radical (unpaired) electrons. The third-order valence-corrected chi connectivity index (χ3v) is 3.88. The molecule has 3 heterocycles. The number of nitrogens with zero attached hydrogens (tertiary/aromatic N) is 1. The van der Waals surface area contributed by atoms with E-state index in [2.05, 4.69) is 23.3 Å². The molecule has 3 rings (SSSR count). The van der Waals surface area contributed by atoms with Gasteiger partial charge in [-0.2, -0.15) is 0 Å². The van der Waals surface area contributed by atoms with E-state index in [1.807, 2.05) is 6.26 Å². The molecular weight excluding hydrogens is 188 g/mol. The van der Waals surface area contributed by atoms with E-state index < -0.39 is 0 Å². The molecule has 0 aliphatic carbocycles. The van der Waals surface area contributed by atoms with Crippen molar-refractivity contribution in [2.75, 3.05) is 26.7 Å². The van der Waals surface area contributed by atoms with Gasteiger partial charge in [-0.1, -0.05) is 0 Å². The second-order valence-corrected chi connectivity index (χ2v) is 4.84. The number of fused-ring (bicyclic) bond motifs is 2. The predicted molar refractivity (Wildman–Crippen MR) is 58.8 cm³/mol. The van der Waals surface area contributed by atoms with Crippen molar-refractivity contribution in [1.82, 2.24) is 10.2 Å². The molecule has 2 aliphatic heterocycles. The van der Waals surface area contributed by atoms with Gasteiger partial charge in [-0.05, 0) is 37.9 Å². The van der Waals surface area contributed by atoms with Crippen LogP contribution in [0.2, 0.25) is 0 Å². The van der Waals surface area contributed by atoms with Crippen molar-refractivity contribution < 1.29 is 4.42 Å². The minimum absolute atomic E-state index is 0.142. The summed E-state index contributed by atoms with van der Waals surface area (Å²) in [5, 5.41) is 3.68. The number of rotatable bonds is 0. The van der Waals surface area contributed by atoms with Crippen LogP contribution in [0.3, 0.4) is 0 Å². The Balaban J connectivity index is 1.94. The third-order valence-electron chi connectivity index (χ3n) is 3.88. The Kier molecular flexibility index (Phi) is 2.11. The van der Waals surface area contributed by atoms with Crippen molar-refractivity contribution in [2.24, 2.45) is 0 Å². The van der Waals surface area contributed by atoms with Crippen LogP contribution in [-0.2, 0) is 12.0 Å². The maximum Gasteiger partial charge on any atom is 0.127 e. The zero-order valence-corrected chi connectivity index (χ0v) is 9.25. The molecule has 1 saturated heterocycles. The molecule has 2 aliphatic rings. The minimum Gasteiger partial charge on any atom is -0.467 e. The van der Waals surface area contributed by atoms with E-state index in [0.717, 1.165) is 26.1 Å². The van der Waals surface area contributed by atoms with Gasteiger partial charge in [0.05, 0.1) is 11.8 Å². The molecule has 1 aromatic rings. The highest BCUT2D eigenvalue weighted by atomic mass is 16.3. The summed E-state index contributed by atoms with van der Waals surface area (Å²) in [7, 11) is 2.19. The highest BCUT2D eigenvalue weighted by Crippen LogP contribution is 2.37. The number of furan rings is 1. The Morgan fingerprint density at radius 2 is 2.20 bits per heavy atom. The van der Waals surface area contributed by atoms with Crippen LogP contribution in [0.4, 0.5) is 0 Å². The van der Waals surface area contributed by atoms with Crippen molar-refractivity contribution in [1.29, 1.82) is 0 Å². The lowest BCUT2D eigenvalue weighted by Gasteiger charge is -2.42. The number of likely N-dealkylation sites (tertiary alicyclic amines) is 1. The summed E-state index contributed by atoms with van der Waals surface area (Å²) in [4.78, 5) is 2.39. The Bertz CT molecular complexity index is 350. The van der Waals surface area contributed by atoms with Gasteiger partial charge in [-0.15, -0.1) is 0 Å². The standard InChI is InChI=1S/C12H18N2O/c1-14-7-4-12(5-8-14)11-10(2-6-13-12)3-9-15-11/h3,9,13H,2,4-8H2,1H3.